The first kappa shape index (κ1) is 26.9. The van der Waals surface area contributed by atoms with E-state index in [-0.39, 0.29) is 22.5 Å². The van der Waals surface area contributed by atoms with Gasteiger partial charge in [0.25, 0.3) is 0 Å². The van der Waals surface area contributed by atoms with Crippen molar-refractivity contribution in [3.05, 3.63) is 36.5 Å². The summed E-state index contributed by atoms with van der Waals surface area (Å²) >= 11 is 0. The van der Waals surface area contributed by atoms with Crippen LogP contribution in [0.3, 0.4) is 0 Å². The van der Waals surface area contributed by atoms with Gasteiger partial charge < -0.3 is 19.1 Å². The third-order valence-corrected chi connectivity index (χ3v) is 12.1. The van der Waals surface area contributed by atoms with E-state index in [4.69, 9.17) is 4.42 Å². The first-order valence-electron chi connectivity index (χ1n) is 15.6. The second-order valence-electron chi connectivity index (χ2n) is 13.0. The summed E-state index contributed by atoms with van der Waals surface area (Å²) in [5.74, 6) is 1.86. The number of pyridine rings is 1. The lowest BCUT2D eigenvalue weighted by Crippen LogP contribution is -2.51. The van der Waals surface area contributed by atoms with Gasteiger partial charge >= 0.3 is 0 Å². The topological polar surface area (TPSA) is 125 Å². The number of hydrogen-bond acceptors (Lipinski definition) is 9. The smallest absolute Gasteiger partial charge is 0.250 e. The van der Waals surface area contributed by atoms with Crippen LogP contribution in [0.15, 0.2) is 40.9 Å². The maximum atomic E-state index is 13.7. The molecular formula is C31H37N7O4S. The Bertz CT molecular complexity index is 1650. The monoisotopic (exact) mass is 603 g/mol. The fraction of sp³-hybridized carbons (Fsp3) is 0.548. The second kappa shape index (κ2) is 10.2. The van der Waals surface area contributed by atoms with Crippen LogP contribution in [-0.4, -0.2) is 78.9 Å². The van der Waals surface area contributed by atoms with Crippen molar-refractivity contribution in [2.24, 2.45) is 11.3 Å². The second-order valence-corrected chi connectivity index (χ2v) is 15.0. The summed E-state index contributed by atoms with van der Waals surface area (Å²) in [6, 6.07) is 9.42. The Balaban J connectivity index is 1.19. The Morgan fingerprint density at radius 3 is 2.37 bits per heavy atom. The molecule has 1 aromatic carbocycles. The van der Waals surface area contributed by atoms with E-state index in [1.165, 1.54) is 0 Å². The van der Waals surface area contributed by atoms with Gasteiger partial charge in [0.1, 0.15) is 5.82 Å². The number of sulfonamides is 1. The fourth-order valence-electron chi connectivity index (χ4n) is 7.41. The number of amides is 1. The molecule has 7 aliphatic rings. The van der Waals surface area contributed by atoms with Gasteiger partial charge in [0.15, 0.2) is 0 Å². The lowest BCUT2D eigenvalue weighted by atomic mass is 9.71. The maximum Gasteiger partial charge on any atom is 0.250 e. The van der Waals surface area contributed by atoms with Gasteiger partial charge in [0, 0.05) is 51.0 Å². The van der Waals surface area contributed by atoms with Crippen molar-refractivity contribution in [1.82, 2.24) is 20.1 Å². The number of nitrogens with zero attached hydrogens (tertiary/aromatic N) is 6. The molecule has 226 valence electrons. The number of carbonyl (C=O) groups is 1. The summed E-state index contributed by atoms with van der Waals surface area (Å²) < 4.78 is 34.6. The molecule has 11 nitrogen and oxygen atoms in total. The van der Waals surface area contributed by atoms with Crippen molar-refractivity contribution in [3.8, 4) is 22.9 Å². The minimum atomic E-state index is -3.40. The summed E-state index contributed by atoms with van der Waals surface area (Å²) in [6.07, 6.45) is 9.12. The molecule has 12 heteroatoms. The van der Waals surface area contributed by atoms with Crippen LogP contribution in [0.2, 0.25) is 0 Å². The van der Waals surface area contributed by atoms with Crippen LogP contribution in [0.4, 0.5) is 17.2 Å². The van der Waals surface area contributed by atoms with E-state index in [9.17, 15) is 13.2 Å². The summed E-state index contributed by atoms with van der Waals surface area (Å²) in [5, 5.41) is 8.54. The van der Waals surface area contributed by atoms with Crippen LogP contribution in [0.5, 0.6) is 0 Å². The molecule has 1 amide bonds. The number of carbonyl (C=O) groups excluding carboxylic acids is 1. The summed E-state index contributed by atoms with van der Waals surface area (Å²) in [6.45, 7) is 4.84. The van der Waals surface area contributed by atoms with Gasteiger partial charge in [-0.25, -0.2) is 13.4 Å². The lowest BCUT2D eigenvalue weighted by Gasteiger charge is -2.48. The number of rotatable bonds is 3. The van der Waals surface area contributed by atoms with Crippen LogP contribution >= 0.6 is 0 Å². The van der Waals surface area contributed by atoms with Gasteiger partial charge in [0.05, 0.1) is 28.1 Å². The number of fused-ring (bicyclic) bond motifs is 2. The molecule has 43 heavy (non-hydrogen) atoms. The van der Waals surface area contributed by atoms with Crippen molar-refractivity contribution >= 4 is 33.1 Å². The zero-order chi connectivity index (χ0) is 29.2. The van der Waals surface area contributed by atoms with Crippen LogP contribution in [0.1, 0.15) is 51.4 Å². The van der Waals surface area contributed by atoms with Crippen molar-refractivity contribution in [2.45, 2.75) is 56.6 Å². The van der Waals surface area contributed by atoms with Crippen molar-refractivity contribution < 1.29 is 17.6 Å². The molecule has 10 rings (SSSR count). The normalized spacial score (nSPS) is 25.6. The van der Waals surface area contributed by atoms with E-state index in [1.54, 1.807) is 12.3 Å². The van der Waals surface area contributed by atoms with Gasteiger partial charge in [-0.3, -0.25) is 9.52 Å². The Kier molecular flexibility index (Phi) is 6.39. The molecule has 1 saturated carbocycles. The Morgan fingerprint density at radius 1 is 0.860 bits per heavy atom. The molecule has 8 heterocycles. The number of benzene rings is 1. The van der Waals surface area contributed by atoms with E-state index in [0.717, 1.165) is 93.9 Å². The van der Waals surface area contributed by atoms with Crippen LogP contribution in [-0.2, 0) is 14.8 Å². The third-order valence-electron chi connectivity index (χ3n) is 10.3. The van der Waals surface area contributed by atoms with E-state index >= 15 is 0 Å². The molecule has 4 fully saturated rings. The third kappa shape index (κ3) is 5.03. The largest absolute Gasteiger partial charge is 0.416 e. The quantitative estimate of drug-likeness (QED) is 0.470. The predicted molar refractivity (Wildman–Crippen MR) is 163 cm³/mol. The number of piperidine rings is 3. The lowest BCUT2D eigenvalue weighted by molar-refractivity contribution is -0.138. The first-order valence-corrected chi connectivity index (χ1v) is 17.2. The SMILES string of the molecule is O=C1C2CCCN(C2)c2cc(ccn2)-c2nnc(o2)-c2ccc(NS(=O)(=O)C3CC3)cc2N2CCC3(CCN1CC3)CC2. The first-order chi connectivity index (χ1) is 20.9. The highest BCUT2D eigenvalue weighted by Gasteiger charge is 2.41. The van der Waals surface area contributed by atoms with E-state index < -0.39 is 10.0 Å². The molecule has 6 aliphatic heterocycles. The van der Waals surface area contributed by atoms with E-state index in [0.29, 0.717) is 36.9 Å². The average molecular weight is 604 g/mol. The summed E-state index contributed by atoms with van der Waals surface area (Å²) in [5.41, 5.74) is 3.22. The van der Waals surface area contributed by atoms with Gasteiger partial charge in [-0.15, -0.1) is 10.2 Å². The van der Waals surface area contributed by atoms with Crippen molar-refractivity contribution in [1.29, 1.82) is 0 Å². The molecule has 1 atom stereocenters. The van der Waals surface area contributed by atoms with Gasteiger partial charge in [-0.1, -0.05) is 0 Å². The summed E-state index contributed by atoms with van der Waals surface area (Å²) in [7, 11) is -3.40. The number of aromatic nitrogens is 3. The van der Waals surface area contributed by atoms with Crippen LogP contribution < -0.4 is 14.5 Å². The highest BCUT2D eigenvalue weighted by atomic mass is 32.2. The molecule has 1 spiro atoms. The molecule has 1 aliphatic carbocycles. The standard InChI is InChI=1S/C31H37N7O4S/c39-30-22-2-1-13-38(20-22)27-18-21(7-12-32-27)28-33-34-29(42-28)25-6-3-23(35-43(40,41)24-4-5-24)19-26(25)36-14-8-31(9-15-36)10-16-37(30)17-11-31/h3,6-7,12,18-19,22,24,35H,1-2,4-5,8-11,13-17,20H2. The molecule has 1 N–H and O–H groups in total. The number of anilines is 3. The Hall–Kier alpha value is -3.67. The molecule has 9 bridgehead atoms. The molecule has 2 aromatic heterocycles. The minimum Gasteiger partial charge on any atom is -0.416 e. The Morgan fingerprint density at radius 2 is 1.60 bits per heavy atom. The molecule has 3 aromatic rings. The highest BCUT2D eigenvalue weighted by Crippen LogP contribution is 2.45. The van der Waals surface area contributed by atoms with Gasteiger partial charge in [0.2, 0.25) is 27.7 Å². The van der Waals surface area contributed by atoms with Crippen molar-refractivity contribution in [2.75, 3.05) is 53.8 Å². The summed E-state index contributed by atoms with van der Waals surface area (Å²) in [4.78, 5) is 24.9. The molecule has 1 unspecified atom stereocenters. The van der Waals surface area contributed by atoms with Gasteiger partial charge in [-0.2, -0.15) is 0 Å². The number of nitrogens with one attached hydrogen (secondary N) is 1. The zero-order valence-corrected chi connectivity index (χ0v) is 25.1. The van der Waals surface area contributed by atoms with E-state index in [2.05, 4.69) is 34.6 Å². The predicted octanol–water partition coefficient (Wildman–Crippen LogP) is 4.14. The van der Waals surface area contributed by atoms with Gasteiger partial charge in [-0.05, 0) is 87.1 Å². The molecule has 0 radical (unpaired) electrons. The zero-order valence-electron chi connectivity index (χ0n) is 24.2. The maximum absolute atomic E-state index is 13.7. The average Bonchev–Trinajstić information content (AvgIpc) is 3.80. The highest BCUT2D eigenvalue weighted by molar-refractivity contribution is 7.93. The molecule has 3 saturated heterocycles. The van der Waals surface area contributed by atoms with Crippen LogP contribution in [0.25, 0.3) is 22.9 Å². The van der Waals surface area contributed by atoms with Crippen molar-refractivity contribution in [3.63, 3.8) is 0 Å². The number of hydrogen-bond donors (Lipinski definition) is 1. The molecular weight excluding hydrogens is 566 g/mol. The van der Waals surface area contributed by atoms with E-state index in [1.807, 2.05) is 24.3 Å². The van der Waals surface area contributed by atoms with Crippen LogP contribution in [0, 0.1) is 11.3 Å². The fourth-order valence-corrected chi connectivity index (χ4v) is 8.78. The minimum absolute atomic E-state index is 0.0202. The Labute approximate surface area is 251 Å².